The van der Waals surface area contributed by atoms with Gasteiger partial charge in [0.05, 0.1) is 10.2 Å². The lowest BCUT2D eigenvalue weighted by Gasteiger charge is -2.04. The third kappa shape index (κ3) is 1.53. The number of benzene rings is 1. The van der Waals surface area contributed by atoms with Crippen LogP contribution in [0.25, 0.3) is 10.2 Å². The minimum absolute atomic E-state index is 0.520. The molecule has 0 amide bonds. The van der Waals surface area contributed by atoms with E-state index in [2.05, 4.69) is 37.0 Å². The summed E-state index contributed by atoms with van der Waals surface area (Å²) in [4.78, 5) is 4.55. The molecule has 3 heteroatoms. The van der Waals surface area contributed by atoms with Gasteiger partial charge in [-0.1, -0.05) is 26.0 Å². The molecule has 2 N–H and O–H groups in total. The van der Waals surface area contributed by atoms with Crippen molar-refractivity contribution < 1.29 is 0 Å². The van der Waals surface area contributed by atoms with Crippen molar-refractivity contribution in [1.82, 2.24) is 4.98 Å². The van der Waals surface area contributed by atoms with Crippen molar-refractivity contribution in [3.63, 3.8) is 0 Å². The summed E-state index contributed by atoms with van der Waals surface area (Å²) in [6.45, 7) is 4.92. The number of para-hydroxylation sites is 1. The fraction of sp³-hybridized carbons (Fsp3) is 0.364. The van der Waals surface area contributed by atoms with E-state index in [9.17, 15) is 0 Å². The predicted octanol–water partition coefficient (Wildman–Crippen LogP) is 2.88. The first-order valence-electron chi connectivity index (χ1n) is 4.80. The van der Waals surface area contributed by atoms with Crippen LogP contribution in [-0.4, -0.2) is 4.98 Å². The van der Waals surface area contributed by atoms with Crippen LogP contribution in [-0.2, 0) is 6.54 Å². The molecule has 0 saturated heterocycles. The molecular formula is C11H14N2S. The first-order chi connectivity index (χ1) is 6.72. The highest BCUT2D eigenvalue weighted by Gasteiger charge is 2.09. The van der Waals surface area contributed by atoms with Crippen molar-refractivity contribution in [3.05, 3.63) is 28.8 Å². The summed E-state index contributed by atoms with van der Waals surface area (Å²) in [5, 5.41) is 1.02. The molecule has 1 heterocycles. The molecule has 0 aliphatic heterocycles. The molecular weight excluding hydrogens is 192 g/mol. The number of rotatable bonds is 2. The molecule has 2 nitrogen and oxygen atoms in total. The topological polar surface area (TPSA) is 38.9 Å². The number of hydrogen-bond acceptors (Lipinski definition) is 3. The van der Waals surface area contributed by atoms with Gasteiger partial charge in [-0.25, -0.2) is 4.98 Å². The van der Waals surface area contributed by atoms with Gasteiger partial charge < -0.3 is 5.73 Å². The Balaban J connectivity index is 2.66. The molecule has 0 atom stereocenters. The number of fused-ring (bicyclic) bond motifs is 1. The van der Waals surface area contributed by atoms with Gasteiger partial charge in [0.1, 0.15) is 5.01 Å². The predicted molar refractivity (Wildman–Crippen MR) is 61.6 cm³/mol. The second-order valence-electron chi connectivity index (χ2n) is 3.66. The van der Waals surface area contributed by atoms with Crippen LogP contribution in [0.4, 0.5) is 0 Å². The van der Waals surface area contributed by atoms with E-state index in [-0.39, 0.29) is 0 Å². The van der Waals surface area contributed by atoms with Crippen LogP contribution in [0.5, 0.6) is 0 Å². The van der Waals surface area contributed by atoms with Crippen molar-refractivity contribution >= 4 is 21.6 Å². The van der Waals surface area contributed by atoms with Crippen LogP contribution >= 0.6 is 11.3 Å². The molecule has 0 radical (unpaired) electrons. The van der Waals surface area contributed by atoms with Crippen molar-refractivity contribution in [2.45, 2.75) is 26.3 Å². The number of thiazole rings is 1. The lowest BCUT2D eigenvalue weighted by molar-refractivity contribution is 0.872. The largest absolute Gasteiger partial charge is 0.325 e. The van der Waals surface area contributed by atoms with Gasteiger partial charge in [0, 0.05) is 6.54 Å². The Hall–Kier alpha value is -0.930. The highest BCUT2D eigenvalue weighted by atomic mass is 32.1. The Morgan fingerprint density at radius 2 is 2.21 bits per heavy atom. The van der Waals surface area contributed by atoms with Crippen LogP contribution in [0.15, 0.2) is 18.2 Å². The third-order valence-corrected chi connectivity index (χ3v) is 3.33. The standard InChI is InChI=1S/C11H14N2S/c1-7(2)8-4-3-5-9-11(8)13-10(6-12)14-9/h3-5,7H,6,12H2,1-2H3. The van der Waals surface area contributed by atoms with Crippen LogP contribution in [0.3, 0.4) is 0 Å². The Morgan fingerprint density at radius 3 is 2.86 bits per heavy atom. The molecule has 2 aromatic rings. The molecule has 0 unspecified atom stereocenters. The summed E-state index contributed by atoms with van der Waals surface area (Å²) in [6.07, 6.45) is 0. The maximum atomic E-state index is 5.59. The molecule has 1 aromatic carbocycles. The lowest BCUT2D eigenvalue weighted by Crippen LogP contribution is -1.95. The number of nitrogens with two attached hydrogens (primary N) is 1. The zero-order valence-corrected chi connectivity index (χ0v) is 9.27. The number of hydrogen-bond donors (Lipinski definition) is 1. The molecule has 0 aliphatic rings. The van der Waals surface area contributed by atoms with E-state index in [0.717, 1.165) is 10.5 Å². The average molecular weight is 206 g/mol. The van der Waals surface area contributed by atoms with Crippen molar-refractivity contribution in [3.8, 4) is 0 Å². The van der Waals surface area contributed by atoms with Gasteiger partial charge in [0.15, 0.2) is 0 Å². The summed E-state index contributed by atoms with van der Waals surface area (Å²) in [7, 11) is 0. The molecule has 0 bridgehead atoms. The Kier molecular flexibility index (Phi) is 2.52. The number of aromatic nitrogens is 1. The molecule has 0 fully saturated rings. The van der Waals surface area contributed by atoms with Gasteiger partial charge in [0.2, 0.25) is 0 Å². The van der Waals surface area contributed by atoms with E-state index in [1.165, 1.54) is 10.3 Å². The Labute approximate surface area is 87.8 Å². The zero-order chi connectivity index (χ0) is 10.1. The van der Waals surface area contributed by atoms with Gasteiger partial charge in [0.25, 0.3) is 0 Å². The summed E-state index contributed by atoms with van der Waals surface area (Å²) < 4.78 is 1.25. The molecule has 2 rings (SSSR count). The molecule has 14 heavy (non-hydrogen) atoms. The van der Waals surface area contributed by atoms with E-state index in [4.69, 9.17) is 5.73 Å². The van der Waals surface area contributed by atoms with E-state index in [1.807, 2.05) is 0 Å². The molecule has 0 spiro atoms. The summed E-state index contributed by atoms with van der Waals surface area (Å²) >= 11 is 1.69. The molecule has 0 saturated carbocycles. The van der Waals surface area contributed by atoms with Gasteiger partial charge in [-0.05, 0) is 17.5 Å². The summed E-state index contributed by atoms with van der Waals surface area (Å²) in [6, 6.07) is 6.35. The van der Waals surface area contributed by atoms with E-state index < -0.39 is 0 Å². The van der Waals surface area contributed by atoms with Gasteiger partial charge in [-0.15, -0.1) is 11.3 Å². The zero-order valence-electron chi connectivity index (χ0n) is 8.45. The fourth-order valence-corrected chi connectivity index (χ4v) is 2.45. The lowest BCUT2D eigenvalue weighted by atomic mass is 10.0. The van der Waals surface area contributed by atoms with Crippen molar-refractivity contribution in [2.75, 3.05) is 0 Å². The SMILES string of the molecule is CC(C)c1cccc2sc(CN)nc12. The van der Waals surface area contributed by atoms with Crippen LogP contribution in [0.1, 0.15) is 30.3 Å². The maximum Gasteiger partial charge on any atom is 0.107 e. The van der Waals surface area contributed by atoms with Gasteiger partial charge in [-0.2, -0.15) is 0 Å². The minimum atomic E-state index is 0.520. The van der Waals surface area contributed by atoms with Crippen LogP contribution in [0, 0.1) is 0 Å². The maximum absolute atomic E-state index is 5.59. The highest BCUT2D eigenvalue weighted by Crippen LogP contribution is 2.28. The van der Waals surface area contributed by atoms with Crippen molar-refractivity contribution in [1.29, 1.82) is 0 Å². The van der Waals surface area contributed by atoms with Gasteiger partial charge >= 0.3 is 0 Å². The van der Waals surface area contributed by atoms with E-state index >= 15 is 0 Å². The highest BCUT2D eigenvalue weighted by molar-refractivity contribution is 7.18. The Bertz CT molecular complexity index is 445. The third-order valence-electron chi connectivity index (χ3n) is 2.29. The summed E-state index contributed by atoms with van der Waals surface area (Å²) in [5.74, 6) is 0.520. The number of nitrogens with zero attached hydrogens (tertiary/aromatic N) is 1. The van der Waals surface area contributed by atoms with Crippen LogP contribution < -0.4 is 5.73 Å². The molecule has 74 valence electrons. The normalized spacial score (nSPS) is 11.4. The Morgan fingerprint density at radius 1 is 1.43 bits per heavy atom. The minimum Gasteiger partial charge on any atom is -0.325 e. The molecule has 1 aromatic heterocycles. The van der Waals surface area contributed by atoms with E-state index in [1.54, 1.807) is 11.3 Å². The van der Waals surface area contributed by atoms with E-state index in [0.29, 0.717) is 12.5 Å². The smallest absolute Gasteiger partial charge is 0.107 e. The first kappa shape index (κ1) is 9.62. The van der Waals surface area contributed by atoms with Crippen molar-refractivity contribution in [2.24, 2.45) is 5.73 Å². The average Bonchev–Trinajstić information content (AvgIpc) is 2.59. The summed E-state index contributed by atoms with van der Waals surface area (Å²) in [5.41, 5.74) is 8.04. The second-order valence-corrected chi connectivity index (χ2v) is 4.78. The monoisotopic (exact) mass is 206 g/mol. The fourth-order valence-electron chi connectivity index (χ4n) is 1.57. The van der Waals surface area contributed by atoms with Gasteiger partial charge in [-0.3, -0.25) is 0 Å². The second kappa shape index (κ2) is 3.67. The molecule has 0 aliphatic carbocycles. The first-order valence-corrected chi connectivity index (χ1v) is 5.62. The van der Waals surface area contributed by atoms with Crippen LogP contribution in [0.2, 0.25) is 0 Å². The quantitative estimate of drug-likeness (QED) is 0.820.